The molecule has 0 fully saturated rings. The van der Waals surface area contributed by atoms with E-state index in [-0.39, 0.29) is 11.9 Å². The molecule has 1 unspecified atom stereocenters. The van der Waals surface area contributed by atoms with Crippen molar-refractivity contribution in [3.05, 3.63) is 65.5 Å². The molecule has 0 radical (unpaired) electrons. The molecule has 6 nitrogen and oxygen atoms in total. The van der Waals surface area contributed by atoms with E-state index in [2.05, 4.69) is 44.3 Å². The van der Waals surface area contributed by atoms with Crippen molar-refractivity contribution in [3.63, 3.8) is 0 Å². The lowest BCUT2D eigenvalue weighted by Gasteiger charge is -2.16. The molecule has 26 heavy (non-hydrogen) atoms. The molecule has 1 aliphatic rings. The molecule has 0 amide bonds. The number of pyridine rings is 1. The second-order valence-electron chi connectivity index (χ2n) is 6.07. The van der Waals surface area contributed by atoms with Crippen LogP contribution in [0.3, 0.4) is 0 Å². The fourth-order valence-corrected chi connectivity index (χ4v) is 3.01. The molecule has 0 bridgehead atoms. The number of benzene rings is 1. The predicted molar refractivity (Wildman–Crippen MR) is 104 cm³/mol. The zero-order chi connectivity index (χ0) is 17.9. The number of allylic oxidation sites excluding steroid dienone is 1. The second kappa shape index (κ2) is 6.84. The van der Waals surface area contributed by atoms with Gasteiger partial charge < -0.3 is 15.4 Å². The molecule has 1 aromatic carbocycles. The number of aromatic nitrogens is 3. The molecule has 0 aliphatic carbocycles. The number of rotatable bonds is 5. The number of aromatic hydroxyl groups is 1. The summed E-state index contributed by atoms with van der Waals surface area (Å²) in [7, 11) is 0. The Kier molecular flexibility index (Phi) is 4.23. The van der Waals surface area contributed by atoms with Gasteiger partial charge in [-0.05, 0) is 30.2 Å². The van der Waals surface area contributed by atoms with Crippen LogP contribution in [-0.4, -0.2) is 26.3 Å². The molecule has 1 atom stereocenters. The highest BCUT2D eigenvalue weighted by Gasteiger charge is 2.16. The average molecular weight is 345 g/mol. The fraction of sp³-hybridized carbons (Fsp3) is 0.150. The van der Waals surface area contributed by atoms with E-state index in [1.54, 1.807) is 12.4 Å². The van der Waals surface area contributed by atoms with E-state index in [1.165, 1.54) is 5.56 Å². The third kappa shape index (κ3) is 3.09. The van der Waals surface area contributed by atoms with E-state index in [4.69, 9.17) is 0 Å². The molecule has 3 aromatic rings. The van der Waals surface area contributed by atoms with Gasteiger partial charge in [0.15, 0.2) is 5.82 Å². The lowest BCUT2D eigenvalue weighted by Crippen LogP contribution is -2.10. The molecular weight excluding hydrogens is 326 g/mol. The van der Waals surface area contributed by atoms with Gasteiger partial charge in [0.2, 0.25) is 11.8 Å². The Morgan fingerprint density at radius 3 is 2.85 bits per heavy atom. The Morgan fingerprint density at radius 1 is 1.19 bits per heavy atom. The van der Waals surface area contributed by atoms with Crippen LogP contribution in [0.1, 0.15) is 36.2 Å². The Hall–Kier alpha value is -3.41. The predicted octanol–water partition coefficient (Wildman–Crippen LogP) is 4.33. The largest absolute Gasteiger partial charge is 0.492 e. The standard InChI is InChI=1S/C20H19N5O/c1-2-16(13-7-4-3-5-8-13)23-20-24-17(19(26)25-20)11-14-12-22-18-15(14)9-6-10-21-18/h3-12,16,26H,2H2,1H3,(H2,23,24,25). The molecule has 4 rings (SSSR count). The molecule has 2 aromatic heterocycles. The zero-order valence-corrected chi connectivity index (χ0v) is 14.3. The van der Waals surface area contributed by atoms with Crippen molar-refractivity contribution in [2.75, 3.05) is 5.32 Å². The van der Waals surface area contributed by atoms with Crippen molar-refractivity contribution in [2.24, 2.45) is 4.99 Å². The minimum atomic E-state index is -0.0475. The summed E-state index contributed by atoms with van der Waals surface area (Å²) in [5, 5.41) is 13.6. The SMILES string of the molecule is CCC(Nc1nc(O)c(C=C2C=Nc3ncccc32)[nH]1)c1ccccc1. The minimum Gasteiger partial charge on any atom is -0.492 e. The maximum absolute atomic E-state index is 10.2. The van der Waals surface area contributed by atoms with Gasteiger partial charge in [-0.25, -0.2) is 9.98 Å². The quantitative estimate of drug-likeness (QED) is 0.642. The Labute approximate surface area is 151 Å². The van der Waals surface area contributed by atoms with E-state index in [1.807, 2.05) is 36.4 Å². The fourth-order valence-electron chi connectivity index (χ4n) is 3.01. The first kappa shape index (κ1) is 16.1. The molecule has 3 N–H and O–H groups in total. The van der Waals surface area contributed by atoms with Crippen molar-refractivity contribution in [2.45, 2.75) is 19.4 Å². The summed E-state index contributed by atoms with van der Waals surface area (Å²) in [4.78, 5) is 15.9. The maximum Gasteiger partial charge on any atom is 0.238 e. The highest BCUT2D eigenvalue weighted by molar-refractivity contribution is 6.20. The Morgan fingerprint density at radius 2 is 2.04 bits per heavy atom. The third-order valence-corrected chi connectivity index (χ3v) is 4.36. The number of nitrogens with zero attached hydrogens (tertiary/aromatic N) is 3. The number of anilines is 1. The molecule has 0 saturated heterocycles. The first-order valence-corrected chi connectivity index (χ1v) is 8.56. The number of fused-ring (bicyclic) bond motifs is 1. The average Bonchev–Trinajstić information content (AvgIpc) is 3.24. The van der Waals surface area contributed by atoms with Crippen LogP contribution in [-0.2, 0) is 0 Å². The first-order chi connectivity index (χ1) is 12.7. The molecule has 0 saturated carbocycles. The molecule has 6 heteroatoms. The van der Waals surface area contributed by atoms with Crippen molar-refractivity contribution in [3.8, 4) is 5.88 Å². The topological polar surface area (TPSA) is 86.2 Å². The summed E-state index contributed by atoms with van der Waals surface area (Å²) >= 11 is 0. The highest BCUT2D eigenvalue weighted by Crippen LogP contribution is 2.32. The van der Waals surface area contributed by atoms with Gasteiger partial charge in [0.1, 0.15) is 5.69 Å². The maximum atomic E-state index is 10.2. The Bertz CT molecular complexity index is 975. The van der Waals surface area contributed by atoms with Crippen LogP contribution in [0.4, 0.5) is 11.8 Å². The van der Waals surface area contributed by atoms with Crippen molar-refractivity contribution in [1.29, 1.82) is 0 Å². The lowest BCUT2D eigenvalue weighted by atomic mass is 10.1. The number of H-pyrrole nitrogens is 1. The lowest BCUT2D eigenvalue weighted by molar-refractivity contribution is 0.455. The van der Waals surface area contributed by atoms with Crippen LogP contribution < -0.4 is 5.32 Å². The second-order valence-corrected chi connectivity index (χ2v) is 6.07. The number of hydrogen-bond donors (Lipinski definition) is 3. The van der Waals surface area contributed by atoms with Crippen molar-refractivity contribution < 1.29 is 5.11 Å². The number of nitrogens with one attached hydrogen (secondary N) is 2. The van der Waals surface area contributed by atoms with Crippen LogP contribution >= 0.6 is 0 Å². The van der Waals surface area contributed by atoms with Crippen molar-refractivity contribution in [1.82, 2.24) is 15.0 Å². The van der Waals surface area contributed by atoms with Gasteiger partial charge in [-0.2, -0.15) is 4.98 Å². The molecule has 1 aliphatic heterocycles. The van der Waals surface area contributed by atoms with Crippen LogP contribution in [0.15, 0.2) is 53.7 Å². The first-order valence-electron chi connectivity index (χ1n) is 8.56. The van der Waals surface area contributed by atoms with E-state index in [0.717, 1.165) is 17.6 Å². The van der Waals surface area contributed by atoms with Gasteiger partial charge in [-0.15, -0.1) is 0 Å². The zero-order valence-electron chi connectivity index (χ0n) is 14.3. The van der Waals surface area contributed by atoms with Gasteiger partial charge in [0, 0.05) is 23.5 Å². The number of aromatic amines is 1. The summed E-state index contributed by atoms with van der Waals surface area (Å²) in [6.07, 6.45) is 6.18. The monoisotopic (exact) mass is 345 g/mol. The van der Waals surface area contributed by atoms with Gasteiger partial charge in [-0.1, -0.05) is 37.3 Å². The Balaban J connectivity index is 1.59. The summed E-state index contributed by atoms with van der Waals surface area (Å²) in [6.45, 7) is 2.11. The summed E-state index contributed by atoms with van der Waals surface area (Å²) < 4.78 is 0. The van der Waals surface area contributed by atoms with Crippen LogP contribution in [0.25, 0.3) is 11.6 Å². The molecule has 130 valence electrons. The minimum absolute atomic E-state index is 0.0475. The molecular formula is C20H19N5O. The van der Waals surface area contributed by atoms with E-state index in [0.29, 0.717) is 17.5 Å². The number of imidazole rings is 1. The normalized spacial score (nSPS) is 15.2. The smallest absolute Gasteiger partial charge is 0.238 e. The van der Waals surface area contributed by atoms with Crippen LogP contribution in [0.2, 0.25) is 0 Å². The summed E-state index contributed by atoms with van der Waals surface area (Å²) in [5.41, 5.74) is 3.53. The number of aliphatic imine (C=N–C) groups is 1. The van der Waals surface area contributed by atoms with E-state index < -0.39 is 0 Å². The van der Waals surface area contributed by atoms with Crippen molar-refractivity contribution >= 4 is 29.6 Å². The van der Waals surface area contributed by atoms with E-state index >= 15 is 0 Å². The van der Waals surface area contributed by atoms with Gasteiger partial charge in [0.05, 0.1) is 6.04 Å². The number of hydrogen-bond acceptors (Lipinski definition) is 5. The summed E-state index contributed by atoms with van der Waals surface area (Å²) in [6, 6.07) is 14.1. The van der Waals surface area contributed by atoms with Crippen LogP contribution in [0, 0.1) is 0 Å². The van der Waals surface area contributed by atoms with E-state index in [9.17, 15) is 5.11 Å². The van der Waals surface area contributed by atoms with Crippen LogP contribution in [0.5, 0.6) is 5.88 Å². The molecule has 0 spiro atoms. The van der Waals surface area contributed by atoms with Gasteiger partial charge >= 0.3 is 0 Å². The third-order valence-electron chi connectivity index (χ3n) is 4.36. The van der Waals surface area contributed by atoms with Gasteiger partial charge in [0.25, 0.3) is 0 Å². The highest BCUT2D eigenvalue weighted by atomic mass is 16.3. The summed E-state index contributed by atoms with van der Waals surface area (Å²) in [5.74, 6) is 1.17. The molecule has 3 heterocycles. The van der Waals surface area contributed by atoms with Gasteiger partial charge in [-0.3, -0.25) is 0 Å².